The van der Waals surface area contributed by atoms with Crippen molar-refractivity contribution in [1.82, 2.24) is 9.80 Å². The number of hydrogen-bond donors (Lipinski definition) is 1. The van der Waals surface area contributed by atoms with E-state index in [2.05, 4.69) is 15.1 Å². The number of thiocarbonyl (C=S) groups is 1. The zero-order valence-corrected chi connectivity index (χ0v) is 17.6. The number of hydrogen-bond acceptors (Lipinski definition) is 4. The quantitative estimate of drug-likeness (QED) is 0.722. The maximum Gasteiger partial charge on any atom is 0.173 e. The van der Waals surface area contributed by atoms with Crippen LogP contribution < -0.4 is 14.8 Å². The van der Waals surface area contributed by atoms with Gasteiger partial charge in [0, 0.05) is 54.5 Å². The predicted octanol–water partition coefficient (Wildman–Crippen LogP) is 4.28. The highest BCUT2D eigenvalue weighted by Gasteiger charge is 2.20. The number of piperazine rings is 1. The van der Waals surface area contributed by atoms with Crippen LogP contribution in [-0.2, 0) is 6.54 Å². The summed E-state index contributed by atoms with van der Waals surface area (Å²) in [5, 5.41) is 5.41. The molecule has 2 aliphatic heterocycles. The summed E-state index contributed by atoms with van der Waals surface area (Å²) in [7, 11) is 0. The lowest BCUT2D eigenvalue weighted by Gasteiger charge is -2.36. The first kappa shape index (κ1) is 19.6. The van der Waals surface area contributed by atoms with Gasteiger partial charge in [0.2, 0.25) is 0 Å². The van der Waals surface area contributed by atoms with Gasteiger partial charge < -0.3 is 19.7 Å². The minimum Gasteiger partial charge on any atom is -0.486 e. The van der Waals surface area contributed by atoms with E-state index >= 15 is 0 Å². The molecule has 148 valence electrons. The van der Waals surface area contributed by atoms with Gasteiger partial charge in [-0.2, -0.15) is 0 Å². The Bertz CT molecular complexity index is 873. The molecule has 0 amide bonds. The van der Waals surface area contributed by atoms with Gasteiger partial charge in [-0.1, -0.05) is 29.3 Å². The van der Waals surface area contributed by atoms with E-state index in [9.17, 15) is 0 Å². The van der Waals surface area contributed by atoms with Crippen LogP contribution in [0.5, 0.6) is 11.5 Å². The minimum atomic E-state index is 0.570. The van der Waals surface area contributed by atoms with Gasteiger partial charge in [0.25, 0.3) is 0 Å². The second kappa shape index (κ2) is 8.74. The molecule has 1 fully saturated rings. The first-order valence-electron chi connectivity index (χ1n) is 9.20. The molecule has 0 saturated carbocycles. The van der Waals surface area contributed by atoms with Crippen molar-refractivity contribution in [3.8, 4) is 11.5 Å². The third-order valence-electron chi connectivity index (χ3n) is 4.86. The number of rotatable bonds is 3. The maximum atomic E-state index is 6.30. The van der Waals surface area contributed by atoms with E-state index in [1.807, 2.05) is 30.3 Å². The lowest BCUT2D eigenvalue weighted by Crippen LogP contribution is -2.49. The standard InChI is InChI=1S/C20H21Cl2N3O2S/c21-15-2-1-14(17(22)11-15)13-24-5-7-25(8-6-24)20(28)23-16-3-4-18-19(12-16)27-10-9-26-18/h1-4,11-12H,5-10,13H2,(H,23,28). The van der Waals surface area contributed by atoms with Crippen LogP contribution in [-0.4, -0.2) is 54.3 Å². The van der Waals surface area contributed by atoms with Crippen molar-refractivity contribution < 1.29 is 9.47 Å². The number of anilines is 1. The van der Waals surface area contributed by atoms with Crippen LogP contribution in [0.4, 0.5) is 5.69 Å². The summed E-state index contributed by atoms with van der Waals surface area (Å²) in [5.41, 5.74) is 2.00. The Morgan fingerprint density at radius 1 is 0.964 bits per heavy atom. The Kier molecular flexibility index (Phi) is 6.11. The SMILES string of the molecule is S=C(Nc1ccc2c(c1)OCCO2)N1CCN(Cc2ccc(Cl)cc2Cl)CC1. The van der Waals surface area contributed by atoms with Crippen LogP contribution in [0.15, 0.2) is 36.4 Å². The topological polar surface area (TPSA) is 37.0 Å². The summed E-state index contributed by atoms with van der Waals surface area (Å²) >= 11 is 17.9. The predicted molar refractivity (Wildman–Crippen MR) is 117 cm³/mol. The molecule has 0 aliphatic carbocycles. The van der Waals surface area contributed by atoms with E-state index in [0.29, 0.717) is 23.3 Å². The highest BCUT2D eigenvalue weighted by Crippen LogP contribution is 2.32. The zero-order valence-electron chi connectivity index (χ0n) is 15.3. The number of benzene rings is 2. The largest absolute Gasteiger partial charge is 0.486 e. The van der Waals surface area contributed by atoms with E-state index in [1.54, 1.807) is 6.07 Å². The molecule has 0 bridgehead atoms. The Morgan fingerprint density at radius 2 is 1.71 bits per heavy atom. The molecule has 0 unspecified atom stereocenters. The normalized spacial score (nSPS) is 16.7. The number of ether oxygens (including phenoxy) is 2. The maximum absolute atomic E-state index is 6.30. The van der Waals surface area contributed by atoms with Crippen molar-refractivity contribution in [2.24, 2.45) is 0 Å². The van der Waals surface area contributed by atoms with E-state index in [1.165, 1.54) is 0 Å². The highest BCUT2D eigenvalue weighted by molar-refractivity contribution is 7.80. The second-order valence-electron chi connectivity index (χ2n) is 6.79. The average molecular weight is 438 g/mol. The molecule has 2 aromatic carbocycles. The van der Waals surface area contributed by atoms with Crippen molar-refractivity contribution >= 4 is 46.2 Å². The summed E-state index contributed by atoms with van der Waals surface area (Å²) in [4.78, 5) is 4.56. The molecule has 4 rings (SSSR count). The van der Waals surface area contributed by atoms with Gasteiger partial charge in [0.05, 0.1) is 0 Å². The van der Waals surface area contributed by atoms with Crippen LogP contribution in [0, 0.1) is 0 Å². The van der Waals surface area contributed by atoms with E-state index in [-0.39, 0.29) is 0 Å². The lowest BCUT2D eigenvalue weighted by molar-refractivity contribution is 0.171. The van der Waals surface area contributed by atoms with Gasteiger partial charge in [-0.25, -0.2) is 0 Å². The number of nitrogens with one attached hydrogen (secondary N) is 1. The lowest BCUT2D eigenvalue weighted by atomic mass is 10.2. The fourth-order valence-corrected chi connectivity index (χ4v) is 4.09. The van der Waals surface area contributed by atoms with Crippen LogP contribution in [0.2, 0.25) is 10.0 Å². The first-order valence-corrected chi connectivity index (χ1v) is 10.4. The molecule has 0 aromatic heterocycles. The van der Waals surface area contributed by atoms with Crippen LogP contribution in [0.3, 0.4) is 0 Å². The Morgan fingerprint density at radius 3 is 2.46 bits per heavy atom. The molecule has 2 aliphatic rings. The first-order chi connectivity index (χ1) is 13.6. The summed E-state index contributed by atoms with van der Waals surface area (Å²) in [6.07, 6.45) is 0. The molecular formula is C20H21Cl2N3O2S. The molecule has 2 heterocycles. The molecule has 0 spiro atoms. The average Bonchev–Trinajstić information content (AvgIpc) is 2.70. The fourth-order valence-electron chi connectivity index (χ4n) is 3.32. The molecule has 5 nitrogen and oxygen atoms in total. The molecule has 0 atom stereocenters. The van der Waals surface area contributed by atoms with Gasteiger partial charge in [0.1, 0.15) is 13.2 Å². The van der Waals surface area contributed by atoms with Crippen molar-refractivity contribution in [2.75, 3.05) is 44.7 Å². The Labute approximate surface area is 180 Å². The summed E-state index contributed by atoms with van der Waals surface area (Å²) < 4.78 is 11.2. The molecule has 28 heavy (non-hydrogen) atoms. The highest BCUT2D eigenvalue weighted by atomic mass is 35.5. The molecule has 1 saturated heterocycles. The monoisotopic (exact) mass is 437 g/mol. The zero-order chi connectivity index (χ0) is 19.5. The van der Waals surface area contributed by atoms with Gasteiger partial charge in [-0.3, -0.25) is 4.90 Å². The summed E-state index contributed by atoms with van der Waals surface area (Å²) in [6, 6.07) is 11.5. The smallest absolute Gasteiger partial charge is 0.173 e. The van der Waals surface area contributed by atoms with Crippen molar-refractivity contribution in [3.63, 3.8) is 0 Å². The number of halogens is 2. The summed E-state index contributed by atoms with van der Waals surface area (Å²) in [5.74, 6) is 1.53. The van der Waals surface area contributed by atoms with Crippen molar-refractivity contribution in [3.05, 3.63) is 52.0 Å². The molecule has 2 aromatic rings. The van der Waals surface area contributed by atoms with Gasteiger partial charge in [-0.05, 0) is 42.0 Å². The van der Waals surface area contributed by atoms with Gasteiger partial charge in [0.15, 0.2) is 16.6 Å². The van der Waals surface area contributed by atoms with E-state index in [0.717, 1.165) is 60.6 Å². The molecular weight excluding hydrogens is 417 g/mol. The van der Waals surface area contributed by atoms with Crippen LogP contribution in [0.25, 0.3) is 0 Å². The Balaban J connectivity index is 1.30. The molecule has 1 N–H and O–H groups in total. The molecule has 0 radical (unpaired) electrons. The van der Waals surface area contributed by atoms with Gasteiger partial charge >= 0.3 is 0 Å². The number of nitrogens with zero attached hydrogens (tertiary/aromatic N) is 2. The van der Waals surface area contributed by atoms with Gasteiger partial charge in [-0.15, -0.1) is 0 Å². The van der Waals surface area contributed by atoms with Crippen LogP contribution in [0.1, 0.15) is 5.56 Å². The van der Waals surface area contributed by atoms with Crippen LogP contribution >= 0.6 is 35.4 Å². The van der Waals surface area contributed by atoms with E-state index in [4.69, 9.17) is 44.9 Å². The molecule has 8 heteroatoms. The Hall–Kier alpha value is -1.73. The number of fused-ring (bicyclic) bond motifs is 1. The third-order valence-corrected chi connectivity index (χ3v) is 5.81. The van der Waals surface area contributed by atoms with E-state index < -0.39 is 0 Å². The third kappa shape index (κ3) is 4.63. The van der Waals surface area contributed by atoms with Crippen molar-refractivity contribution in [1.29, 1.82) is 0 Å². The fraction of sp³-hybridized carbons (Fsp3) is 0.350. The minimum absolute atomic E-state index is 0.570. The summed E-state index contributed by atoms with van der Waals surface area (Å²) in [6.45, 7) is 5.53. The second-order valence-corrected chi connectivity index (χ2v) is 8.02. The van der Waals surface area contributed by atoms with Crippen molar-refractivity contribution in [2.45, 2.75) is 6.54 Å².